The van der Waals surface area contributed by atoms with E-state index < -0.39 is 0 Å². The second-order valence-corrected chi connectivity index (χ2v) is 7.99. The first kappa shape index (κ1) is 17.9. The van der Waals surface area contributed by atoms with Crippen LogP contribution in [0.3, 0.4) is 0 Å². The minimum Gasteiger partial charge on any atom is -0.341 e. The molecule has 0 spiro atoms. The maximum absolute atomic E-state index is 12.8. The van der Waals surface area contributed by atoms with Gasteiger partial charge in [0, 0.05) is 24.2 Å². The SMILES string of the molecule is Cc1ccc(C2=NCC(=O)N(CC(=O)N3CCCCC3)c3sccc32)cc1. The van der Waals surface area contributed by atoms with E-state index in [1.165, 1.54) is 23.3 Å². The predicted octanol–water partition coefficient (Wildman–Crippen LogP) is 3.25. The number of aryl methyl sites for hydroxylation is 1. The van der Waals surface area contributed by atoms with Gasteiger partial charge in [-0.15, -0.1) is 11.3 Å². The number of carbonyl (C=O) groups is 2. The lowest BCUT2D eigenvalue weighted by Gasteiger charge is -2.29. The zero-order chi connectivity index (χ0) is 18.8. The van der Waals surface area contributed by atoms with Crippen molar-refractivity contribution in [2.45, 2.75) is 26.2 Å². The second kappa shape index (κ2) is 7.64. The van der Waals surface area contributed by atoms with Gasteiger partial charge in [-0.05, 0) is 37.6 Å². The molecule has 0 unspecified atom stereocenters. The van der Waals surface area contributed by atoms with Crippen molar-refractivity contribution in [3.05, 3.63) is 52.4 Å². The Kier molecular flexibility index (Phi) is 5.07. The number of carbonyl (C=O) groups excluding carboxylic acids is 2. The number of amides is 2. The molecule has 1 aromatic carbocycles. The fourth-order valence-corrected chi connectivity index (χ4v) is 4.54. The summed E-state index contributed by atoms with van der Waals surface area (Å²) in [5.41, 5.74) is 3.94. The summed E-state index contributed by atoms with van der Waals surface area (Å²) in [6.07, 6.45) is 3.27. The topological polar surface area (TPSA) is 53.0 Å². The zero-order valence-corrected chi connectivity index (χ0v) is 16.3. The molecule has 27 heavy (non-hydrogen) atoms. The second-order valence-electron chi connectivity index (χ2n) is 7.09. The molecule has 0 N–H and O–H groups in total. The first-order valence-electron chi connectivity index (χ1n) is 9.41. The van der Waals surface area contributed by atoms with Crippen LogP contribution in [0.5, 0.6) is 0 Å². The van der Waals surface area contributed by atoms with E-state index in [0.717, 1.165) is 47.8 Å². The molecule has 0 aliphatic carbocycles. The van der Waals surface area contributed by atoms with E-state index in [-0.39, 0.29) is 24.9 Å². The van der Waals surface area contributed by atoms with Gasteiger partial charge in [-0.1, -0.05) is 29.8 Å². The first-order chi connectivity index (χ1) is 13.1. The molecule has 1 saturated heterocycles. The van der Waals surface area contributed by atoms with Gasteiger partial charge < -0.3 is 4.90 Å². The third kappa shape index (κ3) is 3.67. The summed E-state index contributed by atoms with van der Waals surface area (Å²) in [6.45, 7) is 3.81. The average Bonchev–Trinajstić information content (AvgIpc) is 3.12. The molecular formula is C21H23N3O2S. The Morgan fingerprint density at radius 2 is 1.85 bits per heavy atom. The van der Waals surface area contributed by atoms with Crippen molar-refractivity contribution < 1.29 is 9.59 Å². The number of fused-ring (bicyclic) bond motifs is 1. The van der Waals surface area contributed by atoms with Gasteiger partial charge in [0.1, 0.15) is 18.1 Å². The van der Waals surface area contributed by atoms with Crippen LogP contribution in [0.1, 0.15) is 36.0 Å². The summed E-state index contributed by atoms with van der Waals surface area (Å²) >= 11 is 1.49. The van der Waals surface area contributed by atoms with Crippen LogP contribution in [0, 0.1) is 6.92 Å². The van der Waals surface area contributed by atoms with E-state index in [1.54, 1.807) is 4.90 Å². The Hall–Kier alpha value is -2.47. The number of aliphatic imine (C=N–C) groups is 1. The Morgan fingerprint density at radius 3 is 2.59 bits per heavy atom. The van der Waals surface area contributed by atoms with Crippen LogP contribution in [-0.4, -0.2) is 48.6 Å². The van der Waals surface area contributed by atoms with Crippen LogP contribution in [0.2, 0.25) is 0 Å². The molecule has 0 radical (unpaired) electrons. The summed E-state index contributed by atoms with van der Waals surface area (Å²) in [4.78, 5) is 33.6. The van der Waals surface area contributed by atoms with Gasteiger partial charge in [-0.25, -0.2) is 0 Å². The molecule has 1 fully saturated rings. The highest BCUT2D eigenvalue weighted by molar-refractivity contribution is 7.15. The number of thiophene rings is 1. The largest absolute Gasteiger partial charge is 0.341 e. The van der Waals surface area contributed by atoms with E-state index >= 15 is 0 Å². The number of hydrogen-bond donors (Lipinski definition) is 0. The molecule has 140 valence electrons. The van der Waals surface area contributed by atoms with Crippen LogP contribution >= 0.6 is 11.3 Å². The van der Waals surface area contributed by atoms with E-state index in [9.17, 15) is 9.59 Å². The summed E-state index contributed by atoms with van der Waals surface area (Å²) < 4.78 is 0. The predicted molar refractivity (Wildman–Crippen MR) is 109 cm³/mol. The molecule has 0 saturated carbocycles. The van der Waals surface area contributed by atoms with Crippen LogP contribution < -0.4 is 4.90 Å². The van der Waals surface area contributed by atoms with Crippen molar-refractivity contribution in [2.24, 2.45) is 4.99 Å². The number of anilines is 1. The molecule has 0 atom stereocenters. The van der Waals surface area contributed by atoms with E-state index in [4.69, 9.17) is 0 Å². The van der Waals surface area contributed by atoms with Crippen molar-refractivity contribution in [1.82, 2.24) is 4.90 Å². The average molecular weight is 382 g/mol. The molecule has 5 nitrogen and oxygen atoms in total. The Bertz CT molecular complexity index is 879. The van der Waals surface area contributed by atoms with Gasteiger partial charge in [0.15, 0.2) is 0 Å². The molecule has 0 bridgehead atoms. The molecule has 4 rings (SSSR count). The number of likely N-dealkylation sites (tertiary alicyclic amines) is 1. The number of hydrogen-bond acceptors (Lipinski definition) is 4. The summed E-state index contributed by atoms with van der Waals surface area (Å²) in [7, 11) is 0. The van der Waals surface area contributed by atoms with Gasteiger partial charge in [0.05, 0.1) is 5.71 Å². The van der Waals surface area contributed by atoms with Crippen LogP contribution in [0.4, 0.5) is 5.00 Å². The summed E-state index contributed by atoms with van der Waals surface area (Å²) in [5.74, 6) is -0.0904. The normalized spacial score (nSPS) is 17.4. The molecule has 2 aliphatic heterocycles. The van der Waals surface area contributed by atoms with Gasteiger partial charge in [0.2, 0.25) is 11.8 Å². The van der Waals surface area contributed by atoms with Gasteiger partial charge in [0.25, 0.3) is 0 Å². The minimum absolute atomic E-state index is 0.0289. The highest BCUT2D eigenvalue weighted by atomic mass is 32.1. The lowest BCUT2D eigenvalue weighted by molar-refractivity contribution is -0.132. The fraction of sp³-hybridized carbons (Fsp3) is 0.381. The van der Waals surface area contributed by atoms with Crippen LogP contribution in [-0.2, 0) is 9.59 Å². The number of piperidine rings is 1. The molecule has 1 aromatic heterocycles. The third-order valence-electron chi connectivity index (χ3n) is 5.15. The smallest absolute Gasteiger partial charge is 0.249 e. The standard InChI is InChI=1S/C21H23N3O2S/c1-15-5-7-16(8-6-15)20-17-9-12-27-21(17)24(18(25)13-22-20)14-19(26)23-10-3-2-4-11-23/h5-9,12H,2-4,10-11,13-14H2,1H3. The Labute approximate surface area is 163 Å². The molecule has 2 aromatic rings. The number of rotatable bonds is 3. The van der Waals surface area contributed by atoms with Gasteiger partial charge in [-0.2, -0.15) is 0 Å². The van der Waals surface area contributed by atoms with Crippen LogP contribution in [0.15, 0.2) is 40.7 Å². The number of nitrogens with zero attached hydrogens (tertiary/aromatic N) is 3. The van der Waals surface area contributed by atoms with E-state index in [1.807, 2.05) is 47.5 Å². The zero-order valence-electron chi connectivity index (χ0n) is 15.5. The fourth-order valence-electron chi connectivity index (χ4n) is 3.62. The van der Waals surface area contributed by atoms with Crippen molar-refractivity contribution in [2.75, 3.05) is 31.1 Å². The molecule has 2 amide bonds. The maximum atomic E-state index is 12.8. The van der Waals surface area contributed by atoms with Crippen molar-refractivity contribution in [1.29, 1.82) is 0 Å². The van der Waals surface area contributed by atoms with Crippen molar-refractivity contribution in [3.63, 3.8) is 0 Å². The molecule has 2 aliphatic rings. The molecular weight excluding hydrogens is 358 g/mol. The van der Waals surface area contributed by atoms with Gasteiger partial charge >= 0.3 is 0 Å². The van der Waals surface area contributed by atoms with Crippen molar-refractivity contribution in [3.8, 4) is 0 Å². The summed E-state index contributed by atoms with van der Waals surface area (Å²) in [6, 6.07) is 10.2. The Balaban J connectivity index is 1.62. The van der Waals surface area contributed by atoms with E-state index in [2.05, 4.69) is 4.99 Å². The third-order valence-corrected chi connectivity index (χ3v) is 6.08. The highest BCUT2D eigenvalue weighted by Gasteiger charge is 2.29. The maximum Gasteiger partial charge on any atom is 0.249 e. The van der Waals surface area contributed by atoms with Gasteiger partial charge in [-0.3, -0.25) is 19.5 Å². The molecule has 6 heteroatoms. The van der Waals surface area contributed by atoms with Crippen molar-refractivity contribution >= 4 is 33.9 Å². The number of benzene rings is 1. The van der Waals surface area contributed by atoms with E-state index in [0.29, 0.717) is 0 Å². The monoisotopic (exact) mass is 381 g/mol. The summed E-state index contributed by atoms with van der Waals surface area (Å²) in [5, 5.41) is 2.79. The first-order valence-corrected chi connectivity index (χ1v) is 10.3. The highest BCUT2D eigenvalue weighted by Crippen LogP contribution is 2.32. The lowest BCUT2D eigenvalue weighted by atomic mass is 10.0. The Morgan fingerprint density at radius 1 is 1.11 bits per heavy atom. The minimum atomic E-state index is -0.119. The quantitative estimate of drug-likeness (QED) is 0.819. The molecule has 3 heterocycles. The lowest BCUT2D eigenvalue weighted by Crippen LogP contribution is -2.45. The van der Waals surface area contributed by atoms with Crippen LogP contribution in [0.25, 0.3) is 0 Å².